The van der Waals surface area contributed by atoms with Crippen molar-refractivity contribution in [3.8, 4) is 0 Å². The molecule has 1 aromatic carbocycles. The molecule has 0 saturated heterocycles. The van der Waals surface area contributed by atoms with Crippen molar-refractivity contribution in [3.05, 3.63) is 29.3 Å². The molecule has 0 radical (unpaired) electrons. The molecule has 0 saturated carbocycles. The predicted octanol–water partition coefficient (Wildman–Crippen LogP) is 3.02. The number of nitrogens with one attached hydrogen (secondary N) is 2. The predicted molar refractivity (Wildman–Crippen MR) is 76.9 cm³/mol. The van der Waals surface area contributed by atoms with Crippen molar-refractivity contribution in [2.45, 2.75) is 53.1 Å². The van der Waals surface area contributed by atoms with Crippen LogP contribution in [0.15, 0.2) is 18.2 Å². The molecule has 0 aliphatic carbocycles. The van der Waals surface area contributed by atoms with Crippen LogP contribution in [0.2, 0.25) is 0 Å². The summed E-state index contributed by atoms with van der Waals surface area (Å²) >= 11 is 0. The van der Waals surface area contributed by atoms with Gasteiger partial charge in [-0.25, -0.2) is 0 Å². The summed E-state index contributed by atoms with van der Waals surface area (Å²) in [5.41, 5.74) is 3.40. The Hall–Kier alpha value is -1.51. The number of carbonyl (C=O) groups excluding carboxylic acids is 1. The zero-order valence-electron chi connectivity index (χ0n) is 12.0. The maximum absolute atomic E-state index is 11.9. The van der Waals surface area contributed by atoms with Crippen LogP contribution in [0.4, 0.5) is 5.69 Å². The third-order valence-electron chi connectivity index (χ3n) is 3.00. The molecule has 0 heterocycles. The Bertz CT molecular complexity index is 395. The van der Waals surface area contributed by atoms with Gasteiger partial charge in [0.15, 0.2) is 0 Å². The molecule has 1 amide bonds. The van der Waals surface area contributed by atoms with Crippen LogP contribution in [0.3, 0.4) is 0 Å². The molecule has 18 heavy (non-hydrogen) atoms. The minimum Gasteiger partial charge on any atom is -0.374 e. The second kappa shape index (κ2) is 6.43. The van der Waals surface area contributed by atoms with Gasteiger partial charge >= 0.3 is 0 Å². The first-order valence-corrected chi connectivity index (χ1v) is 6.57. The topological polar surface area (TPSA) is 41.1 Å². The van der Waals surface area contributed by atoms with E-state index in [9.17, 15) is 4.79 Å². The first-order chi connectivity index (χ1) is 8.42. The van der Waals surface area contributed by atoms with Gasteiger partial charge in [-0.15, -0.1) is 0 Å². The van der Waals surface area contributed by atoms with Gasteiger partial charge in [-0.3, -0.25) is 4.79 Å². The molecule has 3 nitrogen and oxygen atoms in total. The van der Waals surface area contributed by atoms with Gasteiger partial charge in [-0.2, -0.15) is 0 Å². The van der Waals surface area contributed by atoms with Crippen molar-refractivity contribution in [1.29, 1.82) is 0 Å². The summed E-state index contributed by atoms with van der Waals surface area (Å²) in [5, 5.41) is 6.22. The number of aryl methyl sites for hydroxylation is 2. The summed E-state index contributed by atoms with van der Waals surface area (Å²) in [6, 6.07) is 6.23. The van der Waals surface area contributed by atoms with E-state index in [4.69, 9.17) is 0 Å². The van der Waals surface area contributed by atoms with E-state index in [1.54, 1.807) is 0 Å². The second-order valence-electron chi connectivity index (χ2n) is 5.06. The Kier molecular flexibility index (Phi) is 5.20. The average Bonchev–Trinajstić information content (AvgIpc) is 2.27. The molecule has 2 atom stereocenters. The van der Waals surface area contributed by atoms with E-state index in [0.29, 0.717) is 0 Å². The summed E-state index contributed by atoms with van der Waals surface area (Å²) in [6.45, 7) is 10.1. The van der Waals surface area contributed by atoms with Gasteiger partial charge in [0.05, 0.1) is 0 Å². The number of hydrogen-bond acceptors (Lipinski definition) is 2. The van der Waals surface area contributed by atoms with Crippen molar-refractivity contribution in [1.82, 2.24) is 5.32 Å². The number of amides is 1. The maximum atomic E-state index is 11.9. The van der Waals surface area contributed by atoms with Crippen LogP contribution in [0.5, 0.6) is 0 Å². The van der Waals surface area contributed by atoms with E-state index in [1.165, 1.54) is 11.1 Å². The fourth-order valence-electron chi connectivity index (χ4n) is 1.84. The van der Waals surface area contributed by atoms with Crippen molar-refractivity contribution >= 4 is 11.6 Å². The van der Waals surface area contributed by atoms with Crippen molar-refractivity contribution < 1.29 is 4.79 Å². The molecule has 100 valence electrons. The lowest BCUT2D eigenvalue weighted by Gasteiger charge is -2.18. The first-order valence-electron chi connectivity index (χ1n) is 6.57. The largest absolute Gasteiger partial charge is 0.374 e. The molecule has 1 rings (SSSR count). The lowest BCUT2D eigenvalue weighted by Crippen LogP contribution is -2.41. The molecular formula is C15H24N2O. The van der Waals surface area contributed by atoms with Crippen LogP contribution in [0.25, 0.3) is 0 Å². The SMILES string of the molecule is CCC(C)NC(=O)C(C)Nc1cc(C)cc(C)c1. The number of rotatable bonds is 5. The van der Waals surface area contributed by atoms with E-state index in [2.05, 4.69) is 49.6 Å². The highest BCUT2D eigenvalue weighted by Gasteiger charge is 2.14. The molecule has 0 fully saturated rings. The van der Waals surface area contributed by atoms with Gasteiger partial charge in [0.1, 0.15) is 6.04 Å². The smallest absolute Gasteiger partial charge is 0.242 e. The maximum Gasteiger partial charge on any atom is 0.242 e. The Labute approximate surface area is 110 Å². The molecule has 1 aromatic rings. The van der Waals surface area contributed by atoms with Crippen LogP contribution >= 0.6 is 0 Å². The van der Waals surface area contributed by atoms with Gasteiger partial charge in [-0.05, 0) is 57.4 Å². The molecule has 3 heteroatoms. The number of anilines is 1. The Morgan fingerprint density at radius 1 is 1.17 bits per heavy atom. The van der Waals surface area contributed by atoms with Crippen molar-refractivity contribution in [2.24, 2.45) is 0 Å². The molecule has 2 unspecified atom stereocenters. The normalized spacial score (nSPS) is 13.8. The van der Waals surface area contributed by atoms with Crippen LogP contribution in [-0.2, 0) is 4.79 Å². The van der Waals surface area contributed by atoms with Crippen molar-refractivity contribution in [3.63, 3.8) is 0 Å². The third-order valence-corrected chi connectivity index (χ3v) is 3.00. The quantitative estimate of drug-likeness (QED) is 0.841. The van der Waals surface area contributed by atoms with E-state index < -0.39 is 0 Å². The lowest BCUT2D eigenvalue weighted by atomic mass is 10.1. The highest BCUT2D eigenvalue weighted by molar-refractivity contribution is 5.84. The molecule has 2 N–H and O–H groups in total. The molecular weight excluding hydrogens is 224 g/mol. The van der Waals surface area contributed by atoms with E-state index >= 15 is 0 Å². The van der Waals surface area contributed by atoms with Crippen LogP contribution in [0, 0.1) is 13.8 Å². The molecule has 0 bridgehead atoms. The van der Waals surface area contributed by atoms with Crippen LogP contribution in [0.1, 0.15) is 38.3 Å². The summed E-state index contributed by atoms with van der Waals surface area (Å²) < 4.78 is 0. The average molecular weight is 248 g/mol. The zero-order valence-corrected chi connectivity index (χ0v) is 12.0. The van der Waals surface area contributed by atoms with Crippen LogP contribution < -0.4 is 10.6 Å². The summed E-state index contributed by atoms with van der Waals surface area (Å²) in [6.07, 6.45) is 0.946. The fourth-order valence-corrected chi connectivity index (χ4v) is 1.84. The van der Waals surface area contributed by atoms with Gasteiger partial charge in [0, 0.05) is 11.7 Å². The zero-order chi connectivity index (χ0) is 13.7. The van der Waals surface area contributed by atoms with Gasteiger partial charge in [-0.1, -0.05) is 13.0 Å². The Balaban J connectivity index is 2.63. The highest BCUT2D eigenvalue weighted by Crippen LogP contribution is 2.14. The Morgan fingerprint density at radius 2 is 1.72 bits per heavy atom. The van der Waals surface area contributed by atoms with E-state index in [0.717, 1.165) is 12.1 Å². The van der Waals surface area contributed by atoms with Crippen LogP contribution in [-0.4, -0.2) is 18.0 Å². The van der Waals surface area contributed by atoms with Gasteiger partial charge < -0.3 is 10.6 Å². The summed E-state index contributed by atoms with van der Waals surface area (Å²) in [7, 11) is 0. The minimum atomic E-state index is -0.222. The number of benzene rings is 1. The van der Waals surface area contributed by atoms with Gasteiger partial charge in [0.25, 0.3) is 0 Å². The van der Waals surface area contributed by atoms with E-state index in [1.807, 2.05) is 13.8 Å². The van der Waals surface area contributed by atoms with Gasteiger partial charge in [0.2, 0.25) is 5.91 Å². The number of carbonyl (C=O) groups is 1. The monoisotopic (exact) mass is 248 g/mol. The molecule has 0 aliphatic heterocycles. The Morgan fingerprint density at radius 3 is 2.22 bits per heavy atom. The lowest BCUT2D eigenvalue weighted by molar-refractivity contribution is -0.122. The number of hydrogen-bond donors (Lipinski definition) is 2. The molecule has 0 aliphatic rings. The molecule has 0 spiro atoms. The third kappa shape index (κ3) is 4.40. The fraction of sp³-hybridized carbons (Fsp3) is 0.533. The minimum absolute atomic E-state index is 0.0449. The molecule has 0 aromatic heterocycles. The standard InChI is InChI=1S/C15H24N2O/c1-6-12(4)16-15(18)13(5)17-14-8-10(2)7-11(3)9-14/h7-9,12-13,17H,6H2,1-5H3,(H,16,18). The summed E-state index contributed by atoms with van der Waals surface area (Å²) in [5.74, 6) is 0.0449. The van der Waals surface area contributed by atoms with Crippen molar-refractivity contribution in [2.75, 3.05) is 5.32 Å². The highest BCUT2D eigenvalue weighted by atomic mass is 16.2. The second-order valence-corrected chi connectivity index (χ2v) is 5.06. The first kappa shape index (κ1) is 14.6. The van der Waals surface area contributed by atoms with E-state index in [-0.39, 0.29) is 18.0 Å². The summed E-state index contributed by atoms with van der Waals surface area (Å²) in [4.78, 5) is 11.9.